The normalized spacial score (nSPS) is 10.0. The van der Waals surface area contributed by atoms with Crippen LogP contribution in [0.1, 0.15) is 6.92 Å². The van der Waals surface area contributed by atoms with Gasteiger partial charge in [-0.1, -0.05) is 0 Å². The van der Waals surface area contributed by atoms with Crippen molar-refractivity contribution in [1.29, 1.82) is 0 Å². The van der Waals surface area contributed by atoms with Gasteiger partial charge in [0.2, 0.25) is 0 Å². The number of hydrogen-bond acceptors (Lipinski definition) is 4. The van der Waals surface area contributed by atoms with E-state index in [0.717, 1.165) is 6.54 Å². The van der Waals surface area contributed by atoms with Gasteiger partial charge in [0.15, 0.2) is 0 Å². The van der Waals surface area contributed by atoms with Gasteiger partial charge in [-0.2, -0.15) is 5.10 Å². The molecule has 1 heterocycles. The molecule has 1 aromatic rings. The van der Waals surface area contributed by atoms with Gasteiger partial charge in [0.25, 0.3) is 5.56 Å². The van der Waals surface area contributed by atoms with Crippen LogP contribution in [0.3, 0.4) is 0 Å². The van der Waals surface area contributed by atoms with Crippen LogP contribution < -0.4 is 10.5 Å². The van der Waals surface area contributed by atoms with Crippen LogP contribution in [-0.4, -0.2) is 35.0 Å². The van der Waals surface area contributed by atoms with Crippen molar-refractivity contribution >= 4 is 5.82 Å². The lowest BCUT2D eigenvalue weighted by molar-refractivity contribution is 0.302. The number of likely N-dealkylation sites (N-methyl/N-ethyl adjacent to an activating group) is 1. The molecule has 0 bridgehead atoms. The first-order valence-electron chi connectivity index (χ1n) is 4.19. The van der Waals surface area contributed by atoms with E-state index in [4.69, 9.17) is 5.11 Å². The number of aliphatic hydroxyl groups is 1. The van der Waals surface area contributed by atoms with Crippen LogP contribution in [0.5, 0.6) is 0 Å². The van der Waals surface area contributed by atoms with E-state index < -0.39 is 0 Å². The third-order valence-electron chi connectivity index (χ3n) is 1.74. The predicted octanol–water partition coefficient (Wildman–Crippen LogP) is -0.412. The molecule has 0 radical (unpaired) electrons. The van der Waals surface area contributed by atoms with Crippen LogP contribution in [0.2, 0.25) is 0 Å². The average molecular weight is 183 g/mol. The minimum atomic E-state index is -0.219. The molecule has 1 rings (SSSR count). The highest BCUT2D eigenvalue weighted by atomic mass is 16.3. The van der Waals surface area contributed by atoms with Crippen molar-refractivity contribution in [2.45, 2.75) is 6.92 Å². The first kappa shape index (κ1) is 9.73. The molecule has 2 N–H and O–H groups in total. The summed E-state index contributed by atoms with van der Waals surface area (Å²) < 4.78 is 0. The number of nitrogens with one attached hydrogen (secondary N) is 1. The monoisotopic (exact) mass is 183 g/mol. The highest BCUT2D eigenvalue weighted by Crippen LogP contribution is 2.04. The molecule has 72 valence electrons. The highest BCUT2D eigenvalue weighted by Gasteiger charge is 2.03. The van der Waals surface area contributed by atoms with Crippen LogP contribution in [0, 0.1) is 0 Å². The Balaban J connectivity index is 2.79. The van der Waals surface area contributed by atoms with E-state index in [1.54, 1.807) is 6.07 Å². The third kappa shape index (κ3) is 2.55. The van der Waals surface area contributed by atoms with Crippen molar-refractivity contribution < 1.29 is 5.11 Å². The summed E-state index contributed by atoms with van der Waals surface area (Å²) in [7, 11) is 0. The van der Waals surface area contributed by atoms with Crippen LogP contribution >= 0.6 is 0 Å². The van der Waals surface area contributed by atoms with E-state index in [9.17, 15) is 4.79 Å². The maximum absolute atomic E-state index is 10.7. The number of nitrogens with zero attached hydrogens (tertiary/aromatic N) is 2. The summed E-state index contributed by atoms with van der Waals surface area (Å²) in [4.78, 5) is 12.6. The SMILES string of the molecule is CCN(CCO)c1ccc(=O)[nH]n1. The second-order valence-corrected chi connectivity index (χ2v) is 2.58. The van der Waals surface area contributed by atoms with Gasteiger partial charge in [-0.15, -0.1) is 0 Å². The third-order valence-corrected chi connectivity index (χ3v) is 1.74. The Bertz CT molecular complexity index is 290. The zero-order valence-electron chi connectivity index (χ0n) is 7.53. The number of aromatic amines is 1. The molecule has 5 heteroatoms. The predicted molar refractivity (Wildman–Crippen MR) is 49.8 cm³/mol. The fraction of sp³-hybridized carbons (Fsp3) is 0.500. The fourth-order valence-electron chi connectivity index (χ4n) is 1.07. The van der Waals surface area contributed by atoms with Crippen LogP contribution in [0.4, 0.5) is 5.82 Å². The van der Waals surface area contributed by atoms with Gasteiger partial charge in [0.1, 0.15) is 5.82 Å². The van der Waals surface area contributed by atoms with E-state index in [1.165, 1.54) is 6.07 Å². The smallest absolute Gasteiger partial charge is 0.264 e. The second kappa shape index (κ2) is 4.61. The molecule has 0 amide bonds. The number of H-pyrrole nitrogens is 1. The van der Waals surface area contributed by atoms with Crippen LogP contribution in [0.15, 0.2) is 16.9 Å². The number of aromatic nitrogens is 2. The average Bonchev–Trinajstić information content (AvgIpc) is 2.16. The number of anilines is 1. The van der Waals surface area contributed by atoms with E-state index in [-0.39, 0.29) is 12.2 Å². The highest BCUT2D eigenvalue weighted by molar-refractivity contribution is 5.35. The van der Waals surface area contributed by atoms with Gasteiger partial charge in [-0.05, 0) is 13.0 Å². The quantitative estimate of drug-likeness (QED) is 0.665. The van der Waals surface area contributed by atoms with Crippen molar-refractivity contribution in [2.24, 2.45) is 0 Å². The van der Waals surface area contributed by atoms with E-state index in [0.29, 0.717) is 12.4 Å². The van der Waals surface area contributed by atoms with Crippen LogP contribution in [0.25, 0.3) is 0 Å². The lowest BCUT2D eigenvalue weighted by Gasteiger charge is -2.19. The molecule has 0 saturated carbocycles. The van der Waals surface area contributed by atoms with Gasteiger partial charge in [0.05, 0.1) is 6.61 Å². The number of hydrogen-bond donors (Lipinski definition) is 2. The molecule has 1 aromatic heterocycles. The minimum Gasteiger partial charge on any atom is -0.395 e. The van der Waals surface area contributed by atoms with Crippen molar-refractivity contribution in [3.8, 4) is 0 Å². The standard InChI is InChI=1S/C8H13N3O2/c1-2-11(5-6-12)7-3-4-8(13)10-9-7/h3-4,12H,2,5-6H2,1H3,(H,10,13). The Hall–Kier alpha value is -1.36. The number of rotatable bonds is 4. The van der Waals surface area contributed by atoms with Crippen molar-refractivity contribution in [3.63, 3.8) is 0 Å². The van der Waals surface area contributed by atoms with Gasteiger partial charge in [-0.3, -0.25) is 4.79 Å². The molecule has 0 fully saturated rings. The lowest BCUT2D eigenvalue weighted by atomic mass is 10.4. The van der Waals surface area contributed by atoms with Gasteiger partial charge < -0.3 is 10.0 Å². The van der Waals surface area contributed by atoms with Gasteiger partial charge in [-0.25, -0.2) is 5.10 Å². The molecule has 0 unspecified atom stereocenters. The minimum absolute atomic E-state index is 0.0780. The first-order valence-corrected chi connectivity index (χ1v) is 4.19. The zero-order chi connectivity index (χ0) is 9.68. The van der Waals surface area contributed by atoms with Crippen molar-refractivity contribution in [3.05, 3.63) is 22.5 Å². The van der Waals surface area contributed by atoms with Crippen molar-refractivity contribution in [2.75, 3.05) is 24.6 Å². The Morgan fingerprint density at radius 2 is 2.38 bits per heavy atom. The van der Waals surface area contributed by atoms with E-state index in [1.807, 2.05) is 11.8 Å². The largest absolute Gasteiger partial charge is 0.395 e. The lowest BCUT2D eigenvalue weighted by Crippen LogP contribution is -2.28. The molecule has 5 nitrogen and oxygen atoms in total. The summed E-state index contributed by atoms with van der Waals surface area (Å²) in [5, 5.41) is 14.9. The maximum atomic E-state index is 10.7. The molecule has 0 aliphatic rings. The Labute approximate surface area is 76.0 Å². The van der Waals surface area contributed by atoms with Crippen molar-refractivity contribution in [1.82, 2.24) is 10.2 Å². The van der Waals surface area contributed by atoms with Gasteiger partial charge >= 0.3 is 0 Å². The summed E-state index contributed by atoms with van der Waals surface area (Å²) in [5.41, 5.74) is -0.219. The summed E-state index contributed by atoms with van der Waals surface area (Å²) in [6, 6.07) is 3.06. The van der Waals surface area contributed by atoms with Crippen LogP contribution in [-0.2, 0) is 0 Å². The molecule has 0 aromatic carbocycles. The fourth-order valence-corrected chi connectivity index (χ4v) is 1.07. The Morgan fingerprint density at radius 3 is 2.85 bits per heavy atom. The molecule has 0 aliphatic carbocycles. The summed E-state index contributed by atoms with van der Waals surface area (Å²) >= 11 is 0. The Morgan fingerprint density at radius 1 is 1.62 bits per heavy atom. The molecule has 0 spiro atoms. The van der Waals surface area contributed by atoms with E-state index in [2.05, 4.69) is 10.2 Å². The molecule has 0 atom stereocenters. The zero-order valence-corrected chi connectivity index (χ0v) is 7.53. The Kier molecular flexibility index (Phi) is 3.45. The summed E-state index contributed by atoms with van der Waals surface area (Å²) in [5.74, 6) is 0.677. The molecule has 0 saturated heterocycles. The molecule has 0 aliphatic heterocycles. The topological polar surface area (TPSA) is 69.2 Å². The molecule has 13 heavy (non-hydrogen) atoms. The maximum Gasteiger partial charge on any atom is 0.264 e. The molecular formula is C8H13N3O2. The van der Waals surface area contributed by atoms with E-state index >= 15 is 0 Å². The molecular weight excluding hydrogens is 170 g/mol. The van der Waals surface area contributed by atoms with Gasteiger partial charge in [0, 0.05) is 19.2 Å². The summed E-state index contributed by atoms with van der Waals surface area (Å²) in [6.07, 6.45) is 0. The second-order valence-electron chi connectivity index (χ2n) is 2.58. The summed E-state index contributed by atoms with van der Waals surface area (Å²) in [6.45, 7) is 3.31. The first-order chi connectivity index (χ1) is 6.27. The number of aliphatic hydroxyl groups excluding tert-OH is 1.